The highest BCUT2D eigenvalue weighted by molar-refractivity contribution is 5.97. The number of esters is 1. The lowest BCUT2D eigenvalue weighted by molar-refractivity contribution is -0.148. The molecule has 1 amide bonds. The van der Waals surface area contributed by atoms with Crippen LogP contribution in [0.5, 0.6) is 0 Å². The first-order valence-corrected chi connectivity index (χ1v) is 9.13. The van der Waals surface area contributed by atoms with E-state index in [9.17, 15) is 20.0 Å². The Bertz CT molecular complexity index is 931. The molecule has 6 heteroatoms. The standard InChI is InChI=1S/C22H22N2O4/c1-14-17(12-23)4-3-5-19(14)15-6-8-16(9-7-15)21(26)24-13-18(25)10-11-20(24)22(27)28-2/h3-9,18,20,25H,10-11,13H2,1-2H3/t18-,20+/m1/s1. The summed E-state index contributed by atoms with van der Waals surface area (Å²) >= 11 is 0. The van der Waals surface area contributed by atoms with Crippen molar-refractivity contribution in [1.29, 1.82) is 5.26 Å². The molecule has 2 aromatic rings. The molecule has 0 aliphatic carbocycles. The van der Waals surface area contributed by atoms with Crippen LogP contribution < -0.4 is 0 Å². The van der Waals surface area contributed by atoms with Gasteiger partial charge in [0.25, 0.3) is 5.91 Å². The van der Waals surface area contributed by atoms with Crippen LogP contribution in [0, 0.1) is 18.3 Å². The lowest BCUT2D eigenvalue weighted by Gasteiger charge is -2.36. The Balaban J connectivity index is 1.87. The molecule has 1 aliphatic heterocycles. The normalized spacial score (nSPS) is 19.0. The number of amides is 1. The molecule has 3 rings (SSSR count). The minimum atomic E-state index is -0.685. The van der Waals surface area contributed by atoms with E-state index in [4.69, 9.17) is 4.74 Å². The van der Waals surface area contributed by atoms with Crippen LogP contribution in [-0.2, 0) is 9.53 Å². The lowest BCUT2D eigenvalue weighted by atomic mass is 9.95. The van der Waals surface area contributed by atoms with Gasteiger partial charge in [-0.15, -0.1) is 0 Å². The second-order valence-electron chi connectivity index (χ2n) is 6.89. The topological polar surface area (TPSA) is 90.6 Å². The molecule has 1 N–H and O–H groups in total. The molecule has 0 unspecified atom stereocenters. The van der Waals surface area contributed by atoms with E-state index >= 15 is 0 Å². The SMILES string of the molecule is COC(=O)[C@@H]1CC[C@@H](O)CN1C(=O)c1ccc(-c2cccc(C#N)c2C)cc1. The molecule has 1 fully saturated rings. The first-order chi connectivity index (χ1) is 13.5. The van der Waals surface area contributed by atoms with Gasteiger partial charge in [-0.3, -0.25) is 4.79 Å². The molecule has 0 aromatic heterocycles. The summed E-state index contributed by atoms with van der Waals surface area (Å²) in [6, 6.07) is 14.1. The molecule has 2 aromatic carbocycles. The number of benzene rings is 2. The van der Waals surface area contributed by atoms with Crippen LogP contribution in [-0.4, -0.2) is 47.7 Å². The van der Waals surface area contributed by atoms with Gasteiger partial charge in [0.15, 0.2) is 0 Å². The van der Waals surface area contributed by atoms with Crippen LogP contribution in [0.15, 0.2) is 42.5 Å². The van der Waals surface area contributed by atoms with Crippen molar-refractivity contribution >= 4 is 11.9 Å². The van der Waals surface area contributed by atoms with Crippen molar-refractivity contribution in [3.63, 3.8) is 0 Å². The van der Waals surface area contributed by atoms with Crippen molar-refractivity contribution in [2.24, 2.45) is 0 Å². The molecule has 1 aliphatic rings. The monoisotopic (exact) mass is 378 g/mol. The summed E-state index contributed by atoms with van der Waals surface area (Å²) < 4.78 is 4.81. The molecule has 1 saturated heterocycles. The van der Waals surface area contributed by atoms with Gasteiger partial charge in [-0.1, -0.05) is 24.3 Å². The maximum absolute atomic E-state index is 13.0. The number of piperidine rings is 1. The number of nitrogens with zero attached hydrogens (tertiary/aromatic N) is 2. The number of hydrogen-bond acceptors (Lipinski definition) is 5. The minimum Gasteiger partial charge on any atom is -0.467 e. The Kier molecular flexibility index (Phi) is 5.76. The maximum atomic E-state index is 13.0. The van der Waals surface area contributed by atoms with Crippen molar-refractivity contribution in [2.45, 2.75) is 31.9 Å². The Morgan fingerprint density at radius 3 is 2.54 bits per heavy atom. The van der Waals surface area contributed by atoms with Gasteiger partial charge in [0.1, 0.15) is 6.04 Å². The number of nitriles is 1. The number of rotatable bonds is 3. The van der Waals surface area contributed by atoms with E-state index in [0.29, 0.717) is 24.0 Å². The third kappa shape index (κ3) is 3.75. The zero-order chi connectivity index (χ0) is 20.3. The number of hydrogen-bond donors (Lipinski definition) is 1. The predicted molar refractivity (Wildman–Crippen MR) is 103 cm³/mol. The fourth-order valence-corrected chi connectivity index (χ4v) is 3.58. The zero-order valence-corrected chi connectivity index (χ0v) is 15.9. The number of carbonyl (C=O) groups excluding carboxylic acids is 2. The molecule has 28 heavy (non-hydrogen) atoms. The van der Waals surface area contributed by atoms with Gasteiger partial charge in [-0.25, -0.2) is 4.79 Å². The summed E-state index contributed by atoms with van der Waals surface area (Å²) in [7, 11) is 1.29. The highest BCUT2D eigenvalue weighted by Gasteiger charge is 2.36. The number of aliphatic hydroxyl groups is 1. The third-order valence-electron chi connectivity index (χ3n) is 5.19. The van der Waals surface area contributed by atoms with Crippen LogP contribution in [0.4, 0.5) is 0 Å². The van der Waals surface area contributed by atoms with Gasteiger partial charge in [-0.2, -0.15) is 5.26 Å². The summed E-state index contributed by atoms with van der Waals surface area (Å²) in [6.45, 7) is 1.99. The number of β-amino-alcohol motifs (C(OH)–C–C–N with tert-alkyl or cyclic N) is 1. The third-order valence-corrected chi connectivity index (χ3v) is 5.19. The van der Waals surface area contributed by atoms with Gasteiger partial charge in [0, 0.05) is 12.1 Å². The van der Waals surface area contributed by atoms with E-state index in [1.54, 1.807) is 18.2 Å². The van der Waals surface area contributed by atoms with E-state index in [1.165, 1.54) is 12.0 Å². The summed E-state index contributed by atoms with van der Waals surface area (Å²) in [5.74, 6) is -0.788. The van der Waals surface area contributed by atoms with Crippen molar-refractivity contribution in [2.75, 3.05) is 13.7 Å². The zero-order valence-electron chi connectivity index (χ0n) is 15.9. The molecular formula is C22H22N2O4. The predicted octanol–water partition coefficient (Wildman–Crippen LogP) is 2.67. The molecule has 0 spiro atoms. The summed E-state index contributed by atoms with van der Waals surface area (Å²) in [5.41, 5.74) is 3.75. The van der Waals surface area contributed by atoms with Crippen LogP contribution in [0.1, 0.15) is 34.3 Å². The number of likely N-dealkylation sites (tertiary alicyclic amines) is 1. The van der Waals surface area contributed by atoms with Crippen LogP contribution in [0.3, 0.4) is 0 Å². The first-order valence-electron chi connectivity index (χ1n) is 9.13. The van der Waals surface area contributed by atoms with E-state index in [0.717, 1.165) is 16.7 Å². The van der Waals surface area contributed by atoms with Crippen LogP contribution >= 0.6 is 0 Å². The highest BCUT2D eigenvalue weighted by Crippen LogP contribution is 2.27. The van der Waals surface area contributed by atoms with Crippen molar-refractivity contribution in [1.82, 2.24) is 4.90 Å². The Labute approximate surface area is 164 Å². The summed E-state index contributed by atoms with van der Waals surface area (Å²) in [4.78, 5) is 26.4. The van der Waals surface area contributed by atoms with Gasteiger partial charge in [-0.05, 0) is 54.7 Å². The lowest BCUT2D eigenvalue weighted by Crippen LogP contribution is -2.52. The van der Waals surface area contributed by atoms with Crippen molar-refractivity contribution in [3.05, 3.63) is 59.2 Å². The Morgan fingerprint density at radius 1 is 1.18 bits per heavy atom. The number of ether oxygens (including phenoxy) is 1. The smallest absolute Gasteiger partial charge is 0.328 e. The molecule has 2 atom stereocenters. The van der Waals surface area contributed by atoms with Gasteiger partial charge >= 0.3 is 5.97 Å². The Morgan fingerprint density at radius 2 is 1.89 bits per heavy atom. The van der Waals surface area contributed by atoms with Crippen molar-refractivity contribution < 1.29 is 19.4 Å². The van der Waals surface area contributed by atoms with Gasteiger partial charge < -0.3 is 14.7 Å². The average molecular weight is 378 g/mol. The van der Waals surface area contributed by atoms with E-state index in [-0.39, 0.29) is 12.5 Å². The molecule has 0 bridgehead atoms. The second-order valence-corrected chi connectivity index (χ2v) is 6.89. The molecular weight excluding hydrogens is 356 g/mol. The fraction of sp³-hybridized carbons (Fsp3) is 0.318. The largest absolute Gasteiger partial charge is 0.467 e. The fourth-order valence-electron chi connectivity index (χ4n) is 3.58. The summed E-state index contributed by atoms with van der Waals surface area (Å²) in [6.07, 6.45) is 0.176. The van der Waals surface area contributed by atoms with Crippen LogP contribution in [0.2, 0.25) is 0 Å². The molecule has 1 heterocycles. The van der Waals surface area contributed by atoms with Crippen LogP contribution in [0.25, 0.3) is 11.1 Å². The quantitative estimate of drug-likeness (QED) is 0.829. The molecule has 0 radical (unpaired) electrons. The van der Waals surface area contributed by atoms with E-state index < -0.39 is 18.1 Å². The Hall–Kier alpha value is -3.17. The number of carbonyl (C=O) groups is 2. The molecule has 6 nitrogen and oxygen atoms in total. The molecule has 144 valence electrons. The maximum Gasteiger partial charge on any atom is 0.328 e. The second kappa shape index (κ2) is 8.24. The average Bonchev–Trinajstić information content (AvgIpc) is 2.73. The molecule has 0 saturated carbocycles. The van der Waals surface area contributed by atoms with Crippen molar-refractivity contribution in [3.8, 4) is 17.2 Å². The van der Waals surface area contributed by atoms with Gasteiger partial charge in [0.2, 0.25) is 0 Å². The number of aliphatic hydroxyl groups excluding tert-OH is 1. The highest BCUT2D eigenvalue weighted by atomic mass is 16.5. The first kappa shape index (κ1) is 19.6. The summed E-state index contributed by atoms with van der Waals surface area (Å²) in [5, 5.41) is 19.2. The van der Waals surface area contributed by atoms with Gasteiger partial charge in [0.05, 0.1) is 24.8 Å². The van der Waals surface area contributed by atoms with E-state index in [2.05, 4.69) is 6.07 Å². The van der Waals surface area contributed by atoms with E-state index in [1.807, 2.05) is 31.2 Å². The minimum absolute atomic E-state index is 0.101. The number of methoxy groups -OCH3 is 1.